The molecule has 0 aromatic heterocycles. The maximum Gasteiger partial charge on any atom is 0.224 e. The van der Waals surface area contributed by atoms with Crippen molar-refractivity contribution in [2.45, 2.75) is 32.7 Å². The van der Waals surface area contributed by atoms with E-state index in [0.717, 1.165) is 49.5 Å². The summed E-state index contributed by atoms with van der Waals surface area (Å²) in [5, 5.41) is 3.30. The summed E-state index contributed by atoms with van der Waals surface area (Å²) in [5.41, 5.74) is 1.22. The molecule has 1 aromatic rings. The number of hydrogen-bond acceptors (Lipinski definition) is 2. The fraction of sp³-hybridized carbons (Fsp3) is 0.556. The summed E-state index contributed by atoms with van der Waals surface area (Å²) in [4.78, 5) is 20.8. The van der Waals surface area contributed by atoms with Gasteiger partial charge in [-0.05, 0) is 37.5 Å². The molecule has 1 aliphatic rings. The highest BCUT2D eigenvalue weighted by Crippen LogP contribution is 2.12. The Morgan fingerprint density at radius 2 is 1.96 bits per heavy atom. The molecule has 0 aliphatic carbocycles. The second-order valence-corrected chi connectivity index (χ2v) is 6.97. The van der Waals surface area contributed by atoms with E-state index in [2.05, 4.69) is 50.2 Å². The number of nitrogens with zero attached hydrogens (tertiary/aromatic N) is 3. The highest BCUT2D eigenvalue weighted by atomic mass is 79.9. The second kappa shape index (κ2) is 9.67. The van der Waals surface area contributed by atoms with E-state index in [4.69, 9.17) is 0 Å². The van der Waals surface area contributed by atoms with Crippen molar-refractivity contribution in [2.24, 2.45) is 4.99 Å². The average Bonchev–Trinajstić information content (AvgIpc) is 3.10. The van der Waals surface area contributed by atoms with Crippen molar-refractivity contribution < 1.29 is 4.79 Å². The van der Waals surface area contributed by atoms with E-state index in [-0.39, 0.29) is 5.91 Å². The maximum atomic E-state index is 12.1. The van der Waals surface area contributed by atoms with Gasteiger partial charge in [0.05, 0.1) is 6.54 Å². The Balaban J connectivity index is 1.88. The Morgan fingerprint density at radius 1 is 1.29 bits per heavy atom. The monoisotopic (exact) mass is 394 g/mol. The largest absolute Gasteiger partial charge is 0.357 e. The van der Waals surface area contributed by atoms with Crippen LogP contribution in [-0.2, 0) is 11.3 Å². The van der Waals surface area contributed by atoms with Crippen LogP contribution in [0.15, 0.2) is 33.7 Å². The summed E-state index contributed by atoms with van der Waals surface area (Å²) in [6, 6.07) is 8.28. The zero-order valence-electron chi connectivity index (χ0n) is 14.6. The van der Waals surface area contributed by atoms with Crippen LogP contribution in [0, 0.1) is 0 Å². The minimum Gasteiger partial charge on any atom is -0.357 e. The number of benzene rings is 1. The van der Waals surface area contributed by atoms with Crippen LogP contribution in [-0.4, -0.2) is 54.9 Å². The Labute approximate surface area is 153 Å². The fourth-order valence-electron chi connectivity index (χ4n) is 2.79. The Morgan fingerprint density at radius 3 is 2.58 bits per heavy atom. The molecule has 1 heterocycles. The zero-order valence-corrected chi connectivity index (χ0v) is 16.2. The SMILES string of the molecule is CCNC(=NCCC(=O)N1CCCC1)N(C)Cc1ccc(Br)cc1. The number of aliphatic imine (C=N–C) groups is 1. The molecule has 2 rings (SSSR count). The van der Waals surface area contributed by atoms with Gasteiger partial charge < -0.3 is 15.1 Å². The van der Waals surface area contributed by atoms with E-state index in [1.165, 1.54) is 5.56 Å². The smallest absolute Gasteiger partial charge is 0.224 e. The minimum absolute atomic E-state index is 0.225. The topological polar surface area (TPSA) is 47.9 Å². The van der Waals surface area contributed by atoms with E-state index in [1.807, 2.05) is 24.1 Å². The van der Waals surface area contributed by atoms with Gasteiger partial charge in [-0.3, -0.25) is 9.79 Å². The van der Waals surface area contributed by atoms with Gasteiger partial charge in [0.1, 0.15) is 0 Å². The average molecular weight is 395 g/mol. The number of amides is 1. The molecule has 0 spiro atoms. The first-order valence-electron chi connectivity index (χ1n) is 8.62. The van der Waals surface area contributed by atoms with Crippen molar-refractivity contribution in [3.8, 4) is 0 Å². The Bertz CT molecular complexity index is 553. The molecule has 6 heteroatoms. The first-order valence-corrected chi connectivity index (χ1v) is 9.41. The van der Waals surface area contributed by atoms with E-state index < -0.39 is 0 Å². The number of likely N-dealkylation sites (tertiary alicyclic amines) is 1. The minimum atomic E-state index is 0.225. The predicted molar refractivity (Wildman–Crippen MR) is 102 cm³/mol. The van der Waals surface area contributed by atoms with Crippen LogP contribution in [0.5, 0.6) is 0 Å². The Hall–Kier alpha value is -1.56. The maximum absolute atomic E-state index is 12.1. The van der Waals surface area contributed by atoms with Gasteiger partial charge in [0, 0.05) is 44.1 Å². The molecule has 132 valence electrons. The lowest BCUT2D eigenvalue weighted by Gasteiger charge is -2.22. The highest BCUT2D eigenvalue weighted by molar-refractivity contribution is 9.10. The van der Waals surface area contributed by atoms with E-state index in [0.29, 0.717) is 13.0 Å². The molecule has 5 nitrogen and oxygen atoms in total. The lowest BCUT2D eigenvalue weighted by Crippen LogP contribution is -2.38. The molecular formula is C18H27BrN4O. The standard InChI is InChI=1S/C18H27BrN4O/c1-3-20-18(21-11-10-17(24)23-12-4-5-13-23)22(2)14-15-6-8-16(19)9-7-15/h6-9H,3-5,10-14H2,1-2H3,(H,20,21). The molecule has 0 atom stereocenters. The number of rotatable bonds is 6. The van der Waals surface area contributed by atoms with Crippen molar-refractivity contribution in [2.75, 3.05) is 33.2 Å². The molecule has 0 saturated carbocycles. The van der Waals surface area contributed by atoms with E-state index >= 15 is 0 Å². The summed E-state index contributed by atoms with van der Waals surface area (Å²) >= 11 is 3.46. The number of hydrogen-bond donors (Lipinski definition) is 1. The van der Waals surface area contributed by atoms with Gasteiger partial charge in [0.25, 0.3) is 0 Å². The highest BCUT2D eigenvalue weighted by Gasteiger charge is 2.17. The second-order valence-electron chi connectivity index (χ2n) is 6.06. The molecule has 1 N–H and O–H groups in total. The quantitative estimate of drug-likeness (QED) is 0.595. The molecular weight excluding hydrogens is 368 g/mol. The van der Waals surface area contributed by atoms with Gasteiger partial charge in [-0.15, -0.1) is 0 Å². The van der Waals surface area contributed by atoms with E-state index in [9.17, 15) is 4.79 Å². The molecule has 1 saturated heterocycles. The Kier molecular flexibility index (Phi) is 7.56. The molecule has 24 heavy (non-hydrogen) atoms. The van der Waals surface area contributed by atoms with Crippen LogP contribution in [0.25, 0.3) is 0 Å². The summed E-state index contributed by atoms with van der Waals surface area (Å²) in [6.07, 6.45) is 2.75. The van der Waals surface area contributed by atoms with Crippen LogP contribution in [0.1, 0.15) is 31.7 Å². The van der Waals surface area contributed by atoms with Crippen LogP contribution in [0.4, 0.5) is 0 Å². The fourth-order valence-corrected chi connectivity index (χ4v) is 3.05. The zero-order chi connectivity index (χ0) is 17.4. The summed E-state index contributed by atoms with van der Waals surface area (Å²) in [7, 11) is 2.02. The summed E-state index contributed by atoms with van der Waals surface area (Å²) in [6.45, 7) is 5.99. The lowest BCUT2D eigenvalue weighted by molar-refractivity contribution is -0.129. The normalized spacial score (nSPS) is 14.8. The summed E-state index contributed by atoms with van der Waals surface area (Å²) in [5.74, 6) is 1.07. The van der Waals surface area contributed by atoms with Crippen LogP contribution in [0.3, 0.4) is 0 Å². The van der Waals surface area contributed by atoms with Crippen LogP contribution in [0.2, 0.25) is 0 Å². The molecule has 1 aliphatic heterocycles. The van der Waals surface area contributed by atoms with Crippen LogP contribution >= 0.6 is 15.9 Å². The number of carbonyl (C=O) groups is 1. The van der Waals surface area contributed by atoms with Crippen LogP contribution < -0.4 is 5.32 Å². The van der Waals surface area contributed by atoms with Gasteiger partial charge in [-0.25, -0.2) is 0 Å². The molecule has 0 radical (unpaired) electrons. The lowest BCUT2D eigenvalue weighted by atomic mass is 10.2. The molecule has 0 unspecified atom stereocenters. The van der Waals surface area contributed by atoms with Crippen molar-refractivity contribution >= 4 is 27.8 Å². The van der Waals surface area contributed by atoms with Gasteiger partial charge in [0.15, 0.2) is 5.96 Å². The third-order valence-corrected chi connectivity index (χ3v) is 4.60. The first-order chi connectivity index (χ1) is 11.6. The third kappa shape index (κ3) is 5.82. The molecule has 1 amide bonds. The predicted octanol–water partition coefficient (Wildman–Crippen LogP) is 2.86. The number of nitrogens with one attached hydrogen (secondary N) is 1. The number of guanidine groups is 1. The van der Waals surface area contributed by atoms with Crippen molar-refractivity contribution in [3.05, 3.63) is 34.3 Å². The third-order valence-electron chi connectivity index (χ3n) is 4.08. The van der Waals surface area contributed by atoms with Gasteiger partial charge >= 0.3 is 0 Å². The van der Waals surface area contributed by atoms with Crippen molar-refractivity contribution in [1.29, 1.82) is 0 Å². The van der Waals surface area contributed by atoms with Gasteiger partial charge in [-0.2, -0.15) is 0 Å². The first kappa shape index (κ1) is 18.8. The van der Waals surface area contributed by atoms with Gasteiger partial charge in [0.2, 0.25) is 5.91 Å². The van der Waals surface area contributed by atoms with E-state index in [1.54, 1.807) is 0 Å². The molecule has 1 fully saturated rings. The van der Waals surface area contributed by atoms with Crippen molar-refractivity contribution in [3.63, 3.8) is 0 Å². The number of carbonyl (C=O) groups excluding carboxylic acids is 1. The molecule has 0 bridgehead atoms. The van der Waals surface area contributed by atoms with Gasteiger partial charge in [-0.1, -0.05) is 28.1 Å². The molecule has 1 aromatic carbocycles. The van der Waals surface area contributed by atoms with Crippen molar-refractivity contribution in [1.82, 2.24) is 15.1 Å². The summed E-state index contributed by atoms with van der Waals surface area (Å²) < 4.78 is 1.08. The number of halogens is 1.